The van der Waals surface area contributed by atoms with Crippen LogP contribution in [0.25, 0.3) is 0 Å². The summed E-state index contributed by atoms with van der Waals surface area (Å²) in [4.78, 5) is 0.278. The summed E-state index contributed by atoms with van der Waals surface area (Å²) in [5.74, 6) is 0.391. The summed E-state index contributed by atoms with van der Waals surface area (Å²) >= 11 is 0. The van der Waals surface area contributed by atoms with Crippen LogP contribution in [0.3, 0.4) is 0 Å². The first-order valence-corrected chi connectivity index (χ1v) is 8.15. The maximum Gasteiger partial charge on any atom is 0.244 e. The lowest BCUT2D eigenvalue weighted by molar-refractivity contribution is 0.326. The van der Waals surface area contributed by atoms with Crippen LogP contribution in [0.4, 0.5) is 0 Å². The summed E-state index contributed by atoms with van der Waals surface area (Å²) in [5.41, 5.74) is 6.93. The van der Waals surface area contributed by atoms with Crippen LogP contribution in [0, 0.1) is 19.8 Å². The molecule has 7 heteroatoms. The van der Waals surface area contributed by atoms with E-state index in [0.29, 0.717) is 23.9 Å². The molecule has 6 nitrogen and oxygen atoms in total. The first-order chi connectivity index (χ1) is 8.90. The summed E-state index contributed by atoms with van der Waals surface area (Å²) < 4.78 is 27.2. The van der Waals surface area contributed by atoms with Crippen LogP contribution in [0.5, 0.6) is 0 Å². The van der Waals surface area contributed by atoms with Crippen LogP contribution in [0.1, 0.15) is 37.1 Å². The summed E-state index contributed by atoms with van der Waals surface area (Å²) in [6.45, 7) is 3.89. The van der Waals surface area contributed by atoms with Gasteiger partial charge in [-0.2, -0.15) is 5.10 Å². The molecule has 19 heavy (non-hydrogen) atoms. The highest BCUT2D eigenvalue weighted by Gasteiger charge is 2.24. The Labute approximate surface area is 114 Å². The van der Waals surface area contributed by atoms with Gasteiger partial charge in [0.2, 0.25) is 10.0 Å². The molecule has 2 rings (SSSR count). The first kappa shape index (κ1) is 14.5. The van der Waals surface area contributed by atoms with Gasteiger partial charge in [0.15, 0.2) is 0 Å². The molecule has 0 saturated heterocycles. The second-order valence-electron chi connectivity index (χ2n) is 5.40. The van der Waals surface area contributed by atoms with Crippen LogP contribution in [-0.2, 0) is 10.0 Å². The van der Waals surface area contributed by atoms with Crippen molar-refractivity contribution in [2.24, 2.45) is 11.7 Å². The second-order valence-corrected chi connectivity index (χ2v) is 7.10. The second kappa shape index (κ2) is 5.60. The van der Waals surface area contributed by atoms with Crippen LogP contribution >= 0.6 is 0 Å². The molecular formula is C12H22N4O2S. The Morgan fingerprint density at radius 2 is 1.95 bits per heavy atom. The molecule has 1 aliphatic carbocycles. The van der Waals surface area contributed by atoms with Gasteiger partial charge in [-0.05, 0) is 45.4 Å². The Hall–Kier alpha value is -0.920. The van der Waals surface area contributed by atoms with Crippen LogP contribution in [0.15, 0.2) is 4.90 Å². The Kier molecular flexibility index (Phi) is 4.27. The van der Waals surface area contributed by atoms with Crippen molar-refractivity contribution < 1.29 is 8.42 Å². The van der Waals surface area contributed by atoms with Gasteiger partial charge in [0.1, 0.15) is 4.90 Å². The van der Waals surface area contributed by atoms with Crippen LogP contribution in [-0.4, -0.2) is 31.2 Å². The lowest BCUT2D eigenvalue weighted by Crippen LogP contribution is -2.34. The van der Waals surface area contributed by atoms with Gasteiger partial charge in [0.05, 0.1) is 11.4 Å². The van der Waals surface area contributed by atoms with E-state index < -0.39 is 10.0 Å². The number of hydrogen-bond acceptors (Lipinski definition) is 4. The highest BCUT2D eigenvalue weighted by atomic mass is 32.2. The number of hydrogen-bond donors (Lipinski definition) is 3. The summed E-state index contributed by atoms with van der Waals surface area (Å²) in [6, 6.07) is 0.284. The molecule has 0 radical (unpaired) electrons. The number of sulfonamides is 1. The minimum absolute atomic E-state index is 0.278. The topological polar surface area (TPSA) is 101 Å². The van der Waals surface area contributed by atoms with Crippen molar-refractivity contribution in [3.63, 3.8) is 0 Å². The maximum atomic E-state index is 12.2. The van der Waals surface area contributed by atoms with E-state index in [4.69, 9.17) is 5.73 Å². The Balaban J connectivity index is 1.99. The number of nitrogens with zero attached hydrogens (tertiary/aromatic N) is 1. The smallest absolute Gasteiger partial charge is 0.244 e. The zero-order valence-electron chi connectivity index (χ0n) is 11.4. The number of aromatic nitrogens is 2. The van der Waals surface area contributed by atoms with Gasteiger partial charge in [-0.25, -0.2) is 13.1 Å². The number of H-pyrrole nitrogens is 1. The molecule has 108 valence electrons. The molecule has 0 bridgehead atoms. The molecule has 4 N–H and O–H groups in total. The normalized spacial score (nSPS) is 24.6. The molecule has 1 aliphatic rings. The molecule has 0 aromatic carbocycles. The number of aromatic amines is 1. The van der Waals surface area contributed by atoms with Crippen molar-refractivity contribution in [3.8, 4) is 0 Å². The Morgan fingerprint density at radius 3 is 2.47 bits per heavy atom. The fourth-order valence-electron chi connectivity index (χ4n) is 2.63. The molecule has 1 heterocycles. The van der Waals surface area contributed by atoms with E-state index in [1.54, 1.807) is 13.8 Å². The Morgan fingerprint density at radius 1 is 1.32 bits per heavy atom. The van der Waals surface area contributed by atoms with Gasteiger partial charge < -0.3 is 5.73 Å². The Bertz CT molecular complexity index is 510. The lowest BCUT2D eigenvalue weighted by atomic mass is 9.87. The minimum atomic E-state index is -3.47. The van der Waals surface area contributed by atoms with Crippen LogP contribution < -0.4 is 10.5 Å². The van der Waals surface area contributed by atoms with Gasteiger partial charge in [0, 0.05) is 12.6 Å². The van der Waals surface area contributed by atoms with E-state index in [1.807, 2.05) is 0 Å². The van der Waals surface area contributed by atoms with E-state index in [0.717, 1.165) is 25.7 Å². The van der Waals surface area contributed by atoms with Gasteiger partial charge in [-0.1, -0.05) is 0 Å². The van der Waals surface area contributed by atoms with E-state index in [9.17, 15) is 8.42 Å². The van der Waals surface area contributed by atoms with E-state index >= 15 is 0 Å². The van der Waals surface area contributed by atoms with Crippen molar-refractivity contribution in [2.75, 3.05) is 6.54 Å². The molecule has 1 aromatic rings. The van der Waals surface area contributed by atoms with Gasteiger partial charge in [-0.15, -0.1) is 0 Å². The number of nitrogens with two attached hydrogens (primary N) is 1. The summed E-state index contributed by atoms with van der Waals surface area (Å²) in [6.07, 6.45) is 3.95. The minimum Gasteiger partial charge on any atom is -0.328 e. The van der Waals surface area contributed by atoms with Crippen LogP contribution in [0.2, 0.25) is 0 Å². The van der Waals surface area contributed by atoms with Gasteiger partial charge in [0.25, 0.3) is 0 Å². The molecule has 1 saturated carbocycles. The molecule has 0 aliphatic heterocycles. The molecule has 1 fully saturated rings. The van der Waals surface area contributed by atoms with Crippen molar-refractivity contribution in [1.29, 1.82) is 0 Å². The zero-order valence-corrected chi connectivity index (χ0v) is 12.3. The highest BCUT2D eigenvalue weighted by molar-refractivity contribution is 7.89. The van der Waals surface area contributed by atoms with Crippen molar-refractivity contribution >= 4 is 10.0 Å². The predicted octanol–water partition coefficient (Wildman–Crippen LogP) is 0.822. The van der Waals surface area contributed by atoms with Gasteiger partial charge in [-0.3, -0.25) is 5.10 Å². The fraction of sp³-hybridized carbons (Fsp3) is 0.750. The average molecular weight is 286 g/mol. The monoisotopic (exact) mass is 286 g/mol. The third-order valence-corrected chi connectivity index (χ3v) is 5.47. The third kappa shape index (κ3) is 3.34. The van der Waals surface area contributed by atoms with E-state index in [-0.39, 0.29) is 10.9 Å². The van der Waals surface area contributed by atoms with E-state index in [2.05, 4.69) is 14.9 Å². The molecule has 1 aromatic heterocycles. The fourth-order valence-corrected chi connectivity index (χ4v) is 4.11. The first-order valence-electron chi connectivity index (χ1n) is 6.67. The molecule has 0 spiro atoms. The van der Waals surface area contributed by atoms with E-state index in [1.165, 1.54) is 0 Å². The standard InChI is InChI=1S/C12H22N4O2S/c1-8-12(9(2)16-15-8)19(17,18)14-7-10-3-5-11(13)6-4-10/h10-11,14H,3-7,13H2,1-2H3,(H,15,16). The molecule has 0 unspecified atom stereocenters. The van der Waals surface area contributed by atoms with Crippen molar-refractivity contribution in [3.05, 3.63) is 11.4 Å². The predicted molar refractivity (Wildman–Crippen MR) is 73.2 cm³/mol. The number of nitrogens with one attached hydrogen (secondary N) is 2. The summed E-state index contributed by atoms with van der Waals surface area (Å²) in [7, 11) is -3.47. The van der Waals surface area contributed by atoms with Crippen molar-refractivity contribution in [1.82, 2.24) is 14.9 Å². The quantitative estimate of drug-likeness (QED) is 0.763. The largest absolute Gasteiger partial charge is 0.328 e. The molecular weight excluding hydrogens is 264 g/mol. The number of rotatable bonds is 4. The average Bonchev–Trinajstić information content (AvgIpc) is 2.69. The van der Waals surface area contributed by atoms with Gasteiger partial charge >= 0.3 is 0 Å². The van der Waals surface area contributed by atoms with Crippen molar-refractivity contribution in [2.45, 2.75) is 50.5 Å². The molecule has 0 atom stereocenters. The SMILES string of the molecule is Cc1n[nH]c(C)c1S(=O)(=O)NCC1CCC(N)CC1. The third-order valence-electron chi connectivity index (χ3n) is 3.78. The molecule has 0 amide bonds. The highest BCUT2D eigenvalue weighted by Crippen LogP contribution is 2.23. The summed E-state index contributed by atoms with van der Waals surface area (Å²) in [5, 5.41) is 6.63. The maximum absolute atomic E-state index is 12.2. The lowest BCUT2D eigenvalue weighted by Gasteiger charge is -2.26. The zero-order chi connectivity index (χ0) is 14.0. The number of aryl methyl sites for hydroxylation is 2.